The number of aryl methyl sites for hydroxylation is 1. The van der Waals surface area contributed by atoms with Gasteiger partial charge in [0.05, 0.1) is 24.8 Å². The molecule has 128 valence electrons. The van der Waals surface area contributed by atoms with Crippen LogP contribution < -0.4 is 5.32 Å². The van der Waals surface area contributed by atoms with Gasteiger partial charge in [0.2, 0.25) is 0 Å². The zero-order chi connectivity index (χ0) is 16.9. The van der Waals surface area contributed by atoms with Crippen molar-refractivity contribution in [2.45, 2.75) is 13.0 Å². The van der Waals surface area contributed by atoms with E-state index in [9.17, 15) is 9.90 Å². The molecule has 0 aliphatic carbocycles. The number of nitrogens with one attached hydrogen (secondary N) is 1. The first-order chi connectivity index (χ1) is 11.6. The summed E-state index contributed by atoms with van der Waals surface area (Å²) < 4.78 is 11.2. The van der Waals surface area contributed by atoms with Crippen LogP contribution in [0.2, 0.25) is 0 Å². The highest BCUT2D eigenvalue weighted by atomic mass is 16.5. The van der Waals surface area contributed by atoms with Gasteiger partial charge in [0.25, 0.3) is 5.91 Å². The third-order valence-corrected chi connectivity index (χ3v) is 4.18. The van der Waals surface area contributed by atoms with Gasteiger partial charge in [-0.05, 0) is 31.2 Å². The fraction of sp³-hybridized carbons (Fsp3) is 0.389. The Labute approximate surface area is 141 Å². The fourth-order valence-corrected chi connectivity index (χ4v) is 2.88. The predicted molar refractivity (Wildman–Crippen MR) is 89.0 cm³/mol. The third-order valence-electron chi connectivity index (χ3n) is 4.18. The fourth-order valence-electron chi connectivity index (χ4n) is 2.88. The first kappa shape index (κ1) is 16.5. The number of hydrogen-bond acceptors (Lipinski definition) is 5. The van der Waals surface area contributed by atoms with Crippen LogP contribution in [0.4, 0.5) is 0 Å². The molecule has 1 aromatic carbocycles. The van der Waals surface area contributed by atoms with Crippen molar-refractivity contribution in [3.8, 4) is 5.75 Å². The molecule has 1 amide bonds. The molecule has 1 fully saturated rings. The number of morpholine rings is 1. The van der Waals surface area contributed by atoms with Crippen LogP contribution >= 0.6 is 0 Å². The smallest absolute Gasteiger partial charge is 0.255 e. The summed E-state index contributed by atoms with van der Waals surface area (Å²) >= 11 is 0. The van der Waals surface area contributed by atoms with Crippen LogP contribution in [0.3, 0.4) is 0 Å². The second-order valence-electron chi connectivity index (χ2n) is 5.84. The number of phenolic OH excluding ortho intramolecular Hbond substituents is 1. The zero-order valence-electron chi connectivity index (χ0n) is 13.7. The number of benzene rings is 1. The van der Waals surface area contributed by atoms with Crippen molar-refractivity contribution >= 4 is 5.91 Å². The number of furan rings is 1. The Morgan fingerprint density at radius 2 is 2.00 bits per heavy atom. The molecule has 2 heterocycles. The minimum Gasteiger partial charge on any atom is -0.507 e. The quantitative estimate of drug-likeness (QED) is 0.878. The van der Waals surface area contributed by atoms with Crippen molar-refractivity contribution in [2.75, 3.05) is 32.8 Å². The van der Waals surface area contributed by atoms with Crippen molar-refractivity contribution < 1.29 is 19.1 Å². The van der Waals surface area contributed by atoms with E-state index in [-0.39, 0.29) is 23.3 Å². The van der Waals surface area contributed by atoms with E-state index in [0.717, 1.165) is 24.6 Å². The molecule has 0 radical (unpaired) electrons. The summed E-state index contributed by atoms with van der Waals surface area (Å²) in [5.41, 5.74) is 0.272. The standard InChI is InChI=1S/C18H22N2O4/c1-13-6-7-17(24-13)15(20-8-10-23-11-9-20)12-19-18(22)14-4-2-3-5-16(14)21/h2-7,15,21H,8-12H2,1H3,(H,19,22). The largest absolute Gasteiger partial charge is 0.507 e. The van der Waals surface area contributed by atoms with Crippen LogP contribution in [0.1, 0.15) is 27.9 Å². The van der Waals surface area contributed by atoms with E-state index in [0.29, 0.717) is 19.8 Å². The third kappa shape index (κ3) is 3.77. The molecule has 1 aromatic heterocycles. The number of rotatable bonds is 5. The number of carbonyl (C=O) groups excluding carboxylic acids is 1. The Bertz CT molecular complexity index is 692. The van der Waals surface area contributed by atoms with E-state index in [4.69, 9.17) is 9.15 Å². The van der Waals surface area contributed by atoms with Gasteiger partial charge in [-0.1, -0.05) is 12.1 Å². The Morgan fingerprint density at radius 3 is 2.67 bits per heavy atom. The Hall–Kier alpha value is -2.31. The van der Waals surface area contributed by atoms with Crippen LogP contribution in [0.25, 0.3) is 0 Å². The summed E-state index contributed by atoms with van der Waals surface area (Å²) in [6, 6.07) is 10.3. The maximum Gasteiger partial charge on any atom is 0.255 e. The highest BCUT2D eigenvalue weighted by molar-refractivity contribution is 5.96. The first-order valence-electron chi connectivity index (χ1n) is 8.09. The second-order valence-corrected chi connectivity index (χ2v) is 5.84. The first-order valence-corrected chi connectivity index (χ1v) is 8.09. The summed E-state index contributed by atoms with van der Waals surface area (Å²) in [5.74, 6) is 1.35. The van der Waals surface area contributed by atoms with Crippen LogP contribution in [0, 0.1) is 6.92 Å². The average Bonchev–Trinajstić information content (AvgIpc) is 3.02. The molecule has 6 nitrogen and oxygen atoms in total. The summed E-state index contributed by atoms with van der Waals surface area (Å²) in [7, 11) is 0. The van der Waals surface area contributed by atoms with E-state index < -0.39 is 0 Å². The van der Waals surface area contributed by atoms with Gasteiger partial charge in [-0.3, -0.25) is 9.69 Å². The highest BCUT2D eigenvalue weighted by Gasteiger charge is 2.26. The number of carbonyl (C=O) groups is 1. The Balaban J connectivity index is 1.72. The molecule has 0 bridgehead atoms. The lowest BCUT2D eigenvalue weighted by Crippen LogP contribution is -2.43. The monoisotopic (exact) mass is 330 g/mol. The minimum absolute atomic E-state index is 0.0215. The molecule has 0 spiro atoms. The van der Waals surface area contributed by atoms with Gasteiger partial charge in [-0.15, -0.1) is 0 Å². The van der Waals surface area contributed by atoms with E-state index in [2.05, 4.69) is 10.2 Å². The van der Waals surface area contributed by atoms with Crippen molar-refractivity contribution in [1.29, 1.82) is 0 Å². The highest BCUT2D eigenvalue weighted by Crippen LogP contribution is 2.24. The van der Waals surface area contributed by atoms with Gasteiger partial charge in [-0.2, -0.15) is 0 Å². The van der Waals surface area contributed by atoms with Crippen molar-refractivity contribution in [3.05, 3.63) is 53.5 Å². The Morgan fingerprint density at radius 1 is 1.25 bits per heavy atom. The molecule has 2 N–H and O–H groups in total. The number of phenols is 1. The summed E-state index contributed by atoms with van der Waals surface area (Å²) in [6.45, 7) is 5.22. The summed E-state index contributed by atoms with van der Waals surface area (Å²) in [4.78, 5) is 14.6. The van der Waals surface area contributed by atoms with Gasteiger partial charge < -0.3 is 19.6 Å². The number of hydrogen-bond donors (Lipinski definition) is 2. The molecular weight excluding hydrogens is 308 g/mol. The molecule has 1 aliphatic rings. The van der Waals surface area contributed by atoms with Crippen molar-refractivity contribution in [1.82, 2.24) is 10.2 Å². The lowest BCUT2D eigenvalue weighted by atomic mass is 10.1. The number of nitrogens with zero attached hydrogens (tertiary/aromatic N) is 1. The SMILES string of the molecule is Cc1ccc(C(CNC(=O)c2ccccc2O)N2CCOCC2)o1. The van der Waals surface area contributed by atoms with E-state index >= 15 is 0 Å². The van der Waals surface area contributed by atoms with Gasteiger partial charge in [-0.25, -0.2) is 0 Å². The minimum atomic E-state index is -0.297. The maximum atomic E-state index is 12.3. The molecular formula is C18H22N2O4. The molecule has 24 heavy (non-hydrogen) atoms. The molecule has 1 aliphatic heterocycles. The lowest BCUT2D eigenvalue weighted by Gasteiger charge is -2.33. The molecule has 0 saturated carbocycles. The van der Waals surface area contributed by atoms with Gasteiger partial charge in [0.1, 0.15) is 17.3 Å². The van der Waals surface area contributed by atoms with E-state index in [1.165, 1.54) is 6.07 Å². The van der Waals surface area contributed by atoms with Crippen LogP contribution in [0.5, 0.6) is 5.75 Å². The summed E-state index contributed by atoms with van der Waals surface area (Å²) in [5, 5.41) is 12.7. The topological polar surface area (TPSA) is 74.9 Å². The van der Waals surface area contributed by atoms with Gasteiger partial charge in [0, 0.05) is 19.6 Å². The molecule has 1 unspecified atom stereocenters. The normalized spacial score (nSPS) is 16.7. The molecule has 2 aromatic rings. The van der Waals surface area contributed by atoms with Crippen LogP contribution in [0.15, 0.2) is 40.8 Å². The van der Waals surface area contributed by atoms with E-state index in [1.54, 1.807) is 18.2 Å². The zero-order valence-corrected chi connectivity index (χ0v) is 13.7. The number of ether oxygens (including phenoxy) is 1. The Kier molecular flexibility index (Phi) is 5.17. The van der Waals surface area contributed by atoms with E-state index in [1.807, 2.05) is 19.1 Å². The maximum absolute atomic E-state index is 12.3. The number of aromatic hydroxyl groups is 1. The van der Waals surface area contributed by atoms with Crippen LogP contribution in [-0.2, 0) is 4.74 Å². The number of amides is 1. The van der Waals surface area contributed by atoms with Gasteiger partial charge in [0.15, 0.2) is 0 Å². The lowest BCUT2D eigenvalue weighted by molar-refractivity contribution is 0.0117. The molecule has 3 rings (SSSR count). The van der Waals surface area contributed by atoms with Crippen molar-refractivity contribution in [3.63, 3.8) is 0 Å². The van der Waals surface area contributed by atoms with Crippen molar-refractivity contribution in [2.24, 2.45) is 0 Å². The predicted octanol–water partition coefficient (Wildman–Crippen LogP) is 2.10. The summed E-state index contributed by atoms with van der Waals surface area (Å²) in [6.07, 6.45) is 0. The molecule has 1 atom stereocenters. The molecule has 1 saturated heterocycles. The number of para-hydroxylation sites is 1. The average molecular weight is 330 g/mol. The second kappa shape index (κ2) is 7.51. The van der Waals surface area contributed by atoms with Gasteiger partial charge >= 0.3 is 0 Å². The van der Waals surface area contributed by atoms with Crippen LogP contribution in [-0.4, -0.2) is 48.8 Å². The molecule has 6 heteroatoms.